The Hall–Kier alpha value is -2.78. The number of hydrogen-bond acceptors (Lipinski definition) is 2. The largest absolute Gasteiger partial charge is 0.497 e. The highest BCUT2D eigenvalue weighted by molar-refractivity contribution is 6.30. The maximum absolute atomic E-state index is 13.7. The molecule has 0 radical (unpaired) electrons. The molecule has 3 nitrogen and oxygen atoms in total. The van der Waals surface area contributed by atoms with Gasteiger partial charge in [-0.3, -0.25) is 4.79 Å². The summed E-state index contributed by atoms with van der Waals surface area (Å²) in [6.07, 6.45) is 1.44. The van der Waals surface area contributed by atoms with E-state index >= 15 is 0 Å². The van der Waals surface area contributed by atoms with Gasteiger partial charge < -0.3 is 9.64 Å². The third-order valence-corrected chi connectivity index (χ3v) is 6.25. The van der Waals surface area contributed by atoms with Crippen LogP contribution in [0.1, 0.15) is 22.3 Å². The minimum Gasteiger partial charge on any atom is -0.497 e. The third-order valence-electron chi connectivity index (χ3n) is 6.02. The van der Waals surface area contributed by atoms with Gasteiger partial charge in [0.15, 0.2) is 0 Å². The van der Waals surface area contributed by atoms with Gasteiger partial charge in [0.1, 0.15) is 5.75 Å². The first-order chi connectivity index (χ1) is 13.6. The summed E-state index contributed by atoms with van der Waals surface area (Å²) in [6.45, 7) is 0.554. The molecule has 3 aromatic carbocycles. The molecule has 0 bridgehead atoms. The fourth-order valence-corrected chi connectivity index (χ4v) is 4.85. The average Bonchev–Trinajstić information content (AvgIpc) is 3.20. The topological polar surface area (TPSA) is 29.5 Å². The Morgan fingerprint density at radius 1 is 1.00 bits per heavy atom. The summed E-state index contributed by atoms with van der Waals surface area (Å²) in [6, 6.07) is 22.1. The molecule has 0 N–H and O–H groups in total. The molecule has 1 aliphatic carbocycles. The second kappa shape index (κ2) is 6.39. The molecular formula is C24H20ClNO2. The summed E-state index contributed by atoms with van der Waals surface area (Å²) in [4.78, 5) is 15.7. The van der Waals surface area contributed by atoms with Gasteiger partial charge in [-0.1, -0.05) is 48.0 Å². The van der Waals surface area contributed by atoms with Crippen molar-refractivity contribution >= 4 is 23.2 Å². The first-order valence-corrected chi connectivity index (χ1v) is 9.80. The number of halogens is 1. The van der Waals surface area contributed by atoms with Crippen molar-refractivity contribution in [2.24, 2.45) is 0 Å². The first kappa shape index (κ1) is 17.3. The quantitative estimate of drug-likeness (QED) is 0.635. The zero-order valence-electron chi connectivity index (χ0n) is 15.6. The molecule has 3 aromatic rings. The molecule has 140 valence electrons. The number of hydrogen-bond donors (Lipinski definition) is 0. The van der Waals surface area contributed by atoms with Gasteiger partial charge in [-0.15, -0.1) is 0 Å². The Bertz CT molecular complexity index is 1080. The molecule has 1 heterocycles. The van der Waals surface area contributed by atoms with Crippen LogP contribution in [-0.4, -0.2) is 13.0 Å². The second-order valence-electron chi connectivity index (χ2n) is 7.61. The minimum atomic E-state index is -0.518. The minimum absolute atomic E-state index is 0.178. The Kier molecular flexibility index (Phi) is 3.95. The van der Waals surface area contributed by atoms with Crippen molar-refractivity contribution in [3.05, 3.63) is 94.0 Å². The number of carbonyl (C=O) groups is 1. The van der Waals surface area contributed by atoms with E-state index in [1.54, 1.807) is 7.11 Å². The molecule has 1 amide bonds. The van der Waals surface area contributed by atoms with E-state index < -0.39 is 5.41 Å². The SMILES string of the molecule is COc1ccc(CN2C(=O)C3(Cc4ccc(Cl)cc4C3)c3ccccc32)cc1. The summed E-state index contributed by atoms with van der Waals surface area (Å²) in [5, 5.41) is 0.727. The van der Waals surface area contributed by atoms with Gasteiger partial charge in [0.25, 0.3) is 0 Å². The van der Waals surface area contributed by atoms with E-state index in [0.29, 0.717) is 13.0 Å². The predicted molar refractivity (Wildman–Crippen MR) is 111 cm³/mol. The summed E-state index contributed by atoms with van der Waals surface area (Å²) in [5.41, 5.74) is 5.11. The lowest BCUT2D eigenvalue weighted by atomic mass is 9.79. The van der Waals surface area contributed by atoms with Crippen LogP contribution >= 0.6 is 11.6 Å². The van der Waals surface area contributed by atoms with Gasteiger partial charge in [0.2, 0.25) is 5.91 Å². The van der Waals surface area contributed by atoms with Gasteiger partial charge >= 0.3 is 0 Å². The van der Waals surface area contributed by atoms with Gasteiger partial charge in [-0.05, 0) is 65.4 Å². The smallest absolute Gasteiger partial charge is 0.238 e. The lowest BCUT2D eigenvalue weighted by Gasteiger charge is -2.24. The van der Waals surface area contributed by atoms with Crippen LogP contribution in [0.15, 0.2) is 66.7 Å². The predicted octanol–water partition coefficient (Wildman–Crippen LogP) is 4.93. The standard InChI is InChI=1S/C24H20ClNO2/c1-28-20-10-6-16(7-11-20)15-26-22-5-3-2-4-21(22)24(23(26)27)13-17-8-9-19(25)12-18(17)14-24/h2-12H,13-15H2,1H3. The van der Waals surface area contributed by atoms with Crippen molar-refractivity contribution in [2.75, 3.05) is 12.0 Å². The van der Waals surface area contributed by atoms with Gasteiger partial charge in [0.05, 0.1) is 19.1 Å². The van der Waals surface area contributed by atoms with Gasteiger partial charge in [-0.25, -0.2) is 0 Å². The monoisotopic (exact) mass is 389 g/mol. The van der Waals surface area contributed by atoms with Crippen LogP contribution in [0, 0.1) is 0 Å². The Morgan fingerprint density at radius 3 is 2.54 bits per heavy atom. The van der Waals surface area contributed by atoms with E-state index in [2.05, 4.69) is 18.2 Å². The number of nitrogens with zero attached hydrogens (tertiary/aromatic N) is 1. The molecule has 1 spiro atoms. The fraction of sp³-hybridized carbons (Fsp3) is 0.208. The van der Waals surface area contributed by atoms with Crippen LogP contribution in [0.4, 0.5) is 5.69 Å². The van der Waals surface area contributed by atoms with Crippen LogP contribution < -0.4 is 9.64 Å². The number of methoxy groups -OCH3 is 1. The van der Waals surface area contributed by atoms with Crippen LogP contribution in [-0.2, 0) is 29.6 Å². The molecule has 5 rings (SSSR count). The molecule has 0 aromatic heterocycles. The number of anilines is 1. The number of rotatable bonds is 3. The van der Waals surface area contributed by atoms with E-state index in [1.165, 1.54) is 11.1 Å². The van der Waals surface area contributed by atoms with Crippen LogP contribution in [0.3, 0.4) is 0 Å². The van der Waals surface area contributed by atoms with Gasteiger partial charge in [-0.2, -0.15) is 0 Å². The molecule has 1 aliphatic heterocycles. The number of fused-ring (bicyclic) bond motifs is 3. The molecule has 2 aliphatic rings. The Labute approximate surface area is 169 Å². The number of carbonyl (C=O) groups excluding carboxylic acids is 1. The van der Waals surface area contributed by atoms with Crippen molar-refractivity contribution in [1.29, 1.82) is 0 Å². The molecule has 1 unspecified atom stereocenters. The maximum Gasteiger partial charge on any atom is 0.238 e. The van der Waals surface area contributed by atoms with E-state index in [0.717, 1.165) is 34.0 Å². The molecule has 28 heavy (non-hydrogen) atoms. The van der Waals surface area contributed by atoms with Crippen LogP contribution in [0.2, 0.25) is 5.02 Å². The third kappa shape index (κ3) is 2.54. The number of para-hydroxylation sites is 1. The van der Waals surface area contributed by atoms with Crippen molar-refractivity contribution in [2.45, 2.75) is 24.8 Å². The first-order valence-electron chi connectivity index (χ1n) is 9.42. The second-order valence-corrected chi connectivity index (χ2v) is 8.04. The molecule has 1 atom stereocenters. The lowest BCUT2D eigenvalue weighted by Crippen LogP contribution is -2.40. The highest BCUT2D eigenvalue weighted by atomic mass is 35.5. The number of benzene rings is 3. The Balaban J connectivity index is 1.54. The normalized spacial score (nSPS) is 19.8. The average molecular weight is 390 g/mol. The highest BCUT2D eigenvalue weighted by Crippen LogP contribution is 2.50. The summed E-state index contributed by atoms with van der Waals surface area (Å²) < 4.78 is 5.25. The zero-order chi connectivity index (χ0) is 19.3. The Morgan fingerprint density at radius 2 is 1.75 bits per heavy atom. The van der Waals surface area contributed by atoms with Crippen LogP contribution in [0.5, 0.6) is 5.75 Å². The number of ether oxygens (including phenoxy) is 1. The number of amides is 1. The van der Waals surface area contributed by atoms with E-state index in [-0.39, 0.29) is 5.91 Å². The molecule has 0 fully saturated rings. The molecule has 0 saturated heterocycles. The maximum atomic E-state index is 13.7. The zero-order valence-corrected chi connectivity index (χ0v) is 16.4. The summed E-state index contributed by atoms with van der Waals surface area (Å²) in [7, 11) is 1.66. The van der Waals surface area contributed by atoms with E-state index in [9.17, 15) is 4.79 Å². The summed E-state index contributed by atoms with van der Waals surface area (Å²) in [5.74, 6) is 0.994. The van der Waals surface area contributed by atoms with Crippen LogP contribution in [0.25, 0.3) is 0 Å². The van der Waals surface area contributed by atoms with Gasteiger partial charge in [0, 0.05) is 10.7 Å². The lowest BCUT2D eigenvalue weighted by molar-refractivity contribution is -0.123. The fourth-order valence-electron chi connectivity index (χ4n) is 4.65. The van der Waals surface area contributed by atoms with E-state index in [4.69, 9.17) is 16.3 Å². The molecular weight excluding hydrogens is 370 g/mol. The molecule has 4 heteroatoms. The van der Waals surface area contributed by atoms with Crippen molar-refractivity contribution in [1.82, 2.24) is 0 Å². The highest BCUT2D eigenvalue weighted by Gasteiger charge is 2.53. The van der Waals surface area contributed by atoms with E-state index in [1.807, 2.05) is 53.4 Å². The van der Waals surface area contributed by atoms with Crippen molar-refractivity contribution in [3.63, 3.8) is 0 Å². The molecule has 0 saturated carbocycles. The van der Waals surface area contributed by atoms with Crippen molar-refractivity contribution in [3.8, 4) is 5.75 Å². The summed E-state index contributed by atoms with van der Waals surface area (Å²) >= 11 is 6.21. The van der Waals surface area contributed by atoms with Crippen molar-refractivity contribution < 1.29 is 9.53 Å².